The number of carbonyl (C=O) groups is 1. The van der Waals surface area contributed by atoms with Gasteiger partial charge in [0, 0.05) is 21.2 Å². The van der Waals surface area contributed by atoms with Gasteiger partial charge in [-0.25, -0.2) is 0 Å². The van der Waals surface area contributed by atoms with E-state index < -0.39 is 33.7 Å². The first-order valence-corrected chi connectivity index (χ1v) is 15.1. The minimum absolute atomic E-state index is 0.423. The van der Waals surface area contributed by atoms with Gasteiger partial charge in [-0.1, -0.05) is 36.4 Å². The lowest BCUT2D eigenvalue weighted by Gasteiger charge is -2.21. The quantitative estimate of drug-likeness (QED) is 0.241. The van der Waals surface area contributed by atoms with Gasteiger partial charge in [0.1, 0.15) is 24.7 Å². The highest BCUT2D eigenvalue weighted by atomic mass is 31.2. The molecule has 2 atom stereocenters. The van der Waals surface area contributed by atoms with E-state index in [1.807, 2.05) is 0 Å². The second-order valence-corrected chi connectivity index (χ2v) is 13.0. The lowest BCUT2D eigenvalue weighted by Crippen LogP contribution is -2.24. The first-order valence-electron chi connectivity index (χ1n) is 11.8. The number of benzene rings is 4. The number of Topliss-reactive ketones (excluding diaryl/α,β-unsaturated/α-hetero) is 1. The first-order chi connectivity index (χ1) is 18.4. The first kappa shape index (κ1) is 27.6. The van der Waals surface area contributed by atoms with Crippen LogP contribution in [0.3, 0.4) is 0 Å². The molecule has 4 aromatic rings. The van der Waals surface area contributed by atoms with Crippen molar-refractivity contribution >= 4 is 41.7 Å². The van der Waals surface area contributed by atoms with Gasteiger partial charge >= 0.3 is 0 Å². The molecule has 38 heavy (non-hydrogen) atoms. The Morgan fingerprint density at radius 3 is 1.16 bits per heavy atom. The SMILES string of the molecule is COc1ccc(P(=O)(OCC(=O)COP(=O)(c2ccccc2)c2ccc(OC)cc2)c2ccccc2)cc1. The molecule has 0 bridgehead atoms. The Morgan fingerprint density at radius 2 is 0.842 bits per heavy atom. The summed E-state index contributed by atoms with van der Waals surface area (Å²) in [5.74, 6) is 0.709. The van der Waals surface area contributed by atoms with Crippen LogP contribution in [-0.2, 0) is 23.0 Å². The van der Waals surface area contributed by atoms with Crippen LogP contribution in [0.2, 0.25) is 0 Å². The van der Waals surface area contributed by atoms with Gasteiger partial charge < -0.3 is 18.5 Å². The van der Waals surface area contributed by atoms with Crippen LogP contribution < -0.4 is 30.7 Å². The molecule has 0 radical (unpaired) electrons. The number of hydrogen-bond acceptors (Lipinski definition) is 7. The van der Waals surface area contributed by atoms with E-state index in [0.717, 1.165) is 0 Å². The molecule has 0 saturated heterocycles. The summed E-state index contributed by atoms with van der Waals surface area (Å²) in [7, 11) is -4.14. The Labute approximate surface area is 222 Å². The minimum Gasteiger partial charge on any atom is -0.497 e. The zero-order valence-electron chi connectivity index (χ0n) is 21.1. The highest BCUT2D eigenvalue weighted by molar-refractivity contribution is 7.74. The number of hydrogen-bond donors (Lipinski definition) is 0. The summed E-state index contributed by atoms with van der Waals surface area (Å²) in [4.78, 5) is 12.9. The molecule has 2 unspecified atom stereocenters. The maximum absolute atomic E-state index is 14.1. The third-order valence-electron chi connectivity index (χ3n) is 5.83. The molecule has 0 aliphatic carbocycles. The normalized spacial score (nSPS) is 14.2. The van der Waals surface area contributed by atoms with Crippen LogP contribution in [0.25, 0.3) is 0 Å². The van der Waals surface area contributed by atoms with E-state index >= 15 is 0 Å². The highest BCUT2D eigenvalue weighted by Gasteiger charge is 2.32. The van der Waals surface area contributed by atoms with Crippen molar-refractivity contribution in [3.8, 4) is 11.5 Å². The summed E-state index contributed by atoms with van der Waals surface area (Å²) in [6.45, 7) is -0.981. The van der Waals surface area contributed by atoms with Crippen molar-refractivity contribution in [3.63, 3.8) is 0 Å². The van der Waals surface area contributed by atoms with Crippen molar-refractivity contribution < 1.29 is 32.4 Å². The van der Waals surface area contributed by atoms with E-state index in [4.69, 9.17) is 18.5 Å². The molecule has 0 N–H and O–H groups in total. The third-order valence-corrected chi connectivity index (χ3v) is 10.7. The molecular formula is C29H28O7P2. The van der Waals surface area contributed by atoms with Crippen LogP contribution in [0, 0.1) is 0 Å². The van der Waals surface area contributed by atoms with E-state index in [2.05, 4.69) is 0 Å². The average Bonchev–Trinajstić information content (AvgIpc) is 2.99. The average molecular weight is 550 g/mol. The molecule has 0 aliphatic heterocycles. The summed E-state index contributed by atoms with van der Waals surface area (Å²) in [5, 5.41) is 1.75. The van der Waals surface area contributed by atoms with Crippen LogP contribution >= 0.6 is 14.7 Å². The van der Waals surface area contributed by atoms with Gasteiger partial charge in [-0.2, -0.15) is 0 Å². The molecule has 7 nitrogen and oxygen atoms in total. The van der Waals surface area contributed by atoms with Gasteiger partial charge in [0.2, 0.25) is 0 Å². The summed E-state index contributed by atoms with van der Waals surface area (Å²) in [5.41, 5.74) is 0. The van der Waals surface area contributed by atoms with E-state index in [0.29, 0.717) is 32.7 Å². The smallest absolute Gasteiger partial charge is 0.261 e. The molecule has 0 saturated carbocycles. The van der Waals surface area contributed by atoms with Crippen LogP contribution in [-0.4, -0.2) is 33.2 Å². The molecule has 4 aromatic carbocycles. The summed E-state index contributed by atoms with van der Waals surface area (Å²) in [6, 6.07) is 30.8. The predicted octanol–water partition coefficient (Wildman–Crippen LogP) is 4.46. The van der Waals surface area contributed by atoms with Crippen molar-refractivity contribution in [2.24, 2.45) is 0 Å². The zero-order valence-corrected chi connectivity index (χ0v) is 22.8. The van der Waals surface area contributed by atoms with Crippen LogP contribution in [0.5, 0.6) is 11.5 Å². The van der Waals surface area contributed by atoms with Crippen molar-refractivity contribution in [1.29, 1.82) is 0 Å². The van der Waals surface area contributed by atoms with E-state index in [1.165, 1.54) is 0 Å². The summed E-state index contributed by atoms with van der Waals surface area (Å²) < 4.78 is 50.3. The lowest BCUT2D eigenvalue weighted by atomic mass is 10.3. The van der Waals surface area contributed by atoms with Gasteiger partial charge in [0.15, 0.2) is 5.78 Å². The molecule has 0 fully saturated rings. The summed E-state index contributed by atoms with van der Waals surface area (Å²) in [6.07, 6.45) is 0. The Hall–Kier alpha value is -3.47. The highest BCUT2D eigenvalue weighted by Crippen LogP contribution is 2.46. The molecule has 0 heterocycles. The van der Waals surface area contributed by atoms with Crippen molar-refractivity contribution in [2.45, 2.75) is 0 Å². The molecule has 196 valence electrons. The van der Waals surface area contributed by atoms with E-state index in [1.54, 1.807) is 123 Å². The standard InChI is InChI=1S/C29H28O7P2/c1-33-24-13-17-28(18-14-24)37(31,26-9-5-3-6-10-26)35-21-23(30)22-36-38(32,27-11-7-4-8-12-27)29-19-15-25(34-2)16-20-29/h3-20H,21-22H2,1-2H3. The molecule has 0 amide bonds. The molecular weight excluding hydrogens is 522 g/mol. The number of ether oxygens (including phenoxy) is 2. The minimum atomic E-state index is -3.61. The Balaban J connectivity index is 1.54. The number of ketones is 1. The fourth-order valence-electron chi connectivity index (χ4n) is 3.77. The van der Waals surface area contributed by atoms with E-state index in [-0.39, 0.29) is 0 Å². The van der Waals surface area contributed by atoms with Crippen LogP contribution in [0.1, 0.15) is 0 Å². The number of carbonyl (C=O) groups excluding carboxylic acids is 1. The second-order valence-electron chi connectivity index (χ2n) is 8.26. The monoisotopic (exact) mass is 550 g/mol. The van der Waals surface area contributed by atoms with Gasteiger partial charge in [-0.3, -0.25) is 13.9 Å². The molecule has 0 aromatic heterocycles. The van der Waals surface area contributed by atoms with Gasteiger partial charge in [-0.15, -0.1) is 0 Å². The largest absolute Gasteiger partial charge is 0.497 e. The van der Waals surface area contributed by atoms with Crippen molar-refractivity contribution in [1.82, 2.24) is 0 Å². The maximum Gasteiger partial charge on any atom is 0.261 e. The Morgan fingerprint density at radius 1 is 0.526 bits per heavy atom. The molecule has 9 heteroatoms. The van der Waals surface area contributed by atoms with Gasteiger partial charge in [-0.05, 0) is 72.8 Å². The third kappa shape index (κ3) is 6.15. The zero-order chi connectivity index (χ0) is 27.0. The van der Waals surface area contributed by atoms with Gasteiger partial charge in [0.05, 0.1) is 14.2 Å². The summed E-state index contributed by atoms with van der Waals surface area (Å²) >= 11 is 0. The van der Waals surface area contributed by atoms with Crippen LogP contribution in [0.4, 0.5) is 0 Å². The Kier molecular flexibility index (Phi) is 8.98. The number of rotatable bonds is 12. The fourth-order valence-corrected chi connectivity index (χ4v) is 7.83. The Bertz CT molecular complexity index is 1330. The predicted molar refractivity (Wildman–Crippen MR) is 150 cm³/mol. The van der Waals surface area contributed by atoms with E-state index in [9.17, 15) is 13.9 Å². The molecule has 4 rings (SSSR count). The van der Waals surface area contributed by atoms with Crippen molar-refractivity contribution in [2.75, 3.05) is 27.4 Å². The fraction of sp³-hybridized carbons (Fsp3) is 0.138. The molecule has 0 spiro atoms. The van der Waals surface area contributed by atoms with Crippen molar-refractivity contribution in [3.05, 3.63) is 109 Å². The molecule has 0 aliphatic rings. The topological polar surface area (TPSA) is 88.1 Å². The van der Waals surface area contributed by atoms with Crippen LogP contribution in [0.15, 0.2) is 109 Å². The lowest BCUT2D eigenvalue weighted by molar-refractivity contribution is -0.122. The maximum atomic E-state index is 14.1. The number of methoxy groups -OCH3 is 2. The van der Waals surface area contributed by atoms with Gasteiger partial charge in [0.25, 0.3) is 14.7 Å². The second kappa shape index (κ2) is 12.4.